The monoisotopic (exact) mass is 781 g/mol. The Bertz CT molecular complexity index is 1810. The van der Waals surface area contributed by atoms with Crippen molar-refractivity contribution in [2.24, 2.45) is 0 Å². The predicted molar refractivity (Wildman–Crippen MR) is 232 cm³/mol. The van der Waals surface area contributed by atoms with Crippen molar-refractivity contribution in [1.82, 2.24) is 14.9 Å². The number of nitrogens with zero attached hydrogens (tertiary/aromatic N) is 5. The molecule has 1 spiro atoms. The van der Waals surface area contributed by atoms with Crippen molar-refractivity contribution in [3.63, 3.8) is 0 Å². The zero-order chi connectivity index (χ0) is 38.8. The zero-order valence-corrected chi connectivity index (χ0v) is 35.3. The van der Waals surface area contributed by atoms with Crippen molar-refractivity contribution in [2.45, 2.75) is 73.1 Å². The van der Waals surface area contributed by atoms with Crippen molar-refractivity contribution in [2.75, 3.05) is 72.1 Å². The maximum Gasteiger partial charge on any atom is 0.279 e. The van der Waals surface area contributed by atoms with Gasteiger partial charge in [0.2, 0.25) is 0 Å². The molecule has 0 bridgehead atoms. The van der Waals surface area contributed by atoms with Crippen molar-refractivity contribution in [3.8, 4) is 11.5 Å². The van der Waals surface area contributed by atoms with Crippen LogP contribution in [0.2, 0.25) is 0 Å². The highest BCUT2D eigenvalue weighted by Gasteiger charge is 2.57. The number of thioether (sulfide) groups is 2. The summed E-state index contributed by atoms with van der Waals surface area (Å²) in [6, 6.07) is 26.9. The number of fused-ring (bicyclic) bond motifs is 6. The number of pyridine rings is 1. The molecule has 6 rings (SSSR count). The maximum atomic E-state index is 14.7. The van der Waals surface area contributed by atoms with Gasteiger partial charge in [0.05, 0.1) is 11.4 Å². The Hall–Kier alpha value is -3.70. The van der Waals surface area contributed by atoms with Gasteiger partial charge in [-0.15, -0.1) is 0 Å². The third-order valence-electron chi connectivity index (χ3n) is 10.6. The van der Waals surface area contributed by atoms with Gasteiger partial charge >= 0.3 is 0 Å². The molecular formula is C45H59N5O3S2. The fourth-order valence-electron chi connectivity index (χ4n) is 7.85. The van der Waals surface area contributed by atoms with E-state index in [0.29, 0.717) is 5.56 Å². The van der Waals surface area contributed by atoms with Crippen molar-refractivity contribution in [3.05, 3.63) is 113 Å². The van der Waals surface area contributed by atoms with Crippen molar-refractivity contribution < 1.29 is 14.4 Å². The first kappa shape index (κ1) is 40.9. The molecule has 0 saturated carbocycles. The normalized spacial score (nSPS) is 13.9. The van der Waals surface area contributed by atoms with E-state index < -0.39 is 5.54 Å². The molecule has 3 heterocycles. The molecule has 0 fully saturated rings. The van der Waals surface area contributed by atoms with Crippen LogP contribution in [0.25, 0.3) is 0 Å². The Kier molecular flexibility index (Phi) is 14.5. The summed E-state index contributed by atoms with van der Waals surface area (Å²) in [5.41, 5.74) is 6.16. The van der Waals surface area contributed by atoms with E-state index in [0.717, 1.165) is 108 Å². The smallest absolute Gasteiger partial charge is 0.279 e. The lowest BCUT2D eigenvalue weighted by molar-refractivity contribution is -0.171. The topological polar surface area (TPSA) is 61.4 Å². The van der Waals surface area contributed by atoms with Gasteiger partial charge in [0.25, 0.3) is 5.91 Å². The summed E-state index contributed by atoms with van der Waals surface area (Å²) in [5.74, 6) is 5.90. The molecule has 4 aromatic rings. The Morgan fingerprint density at radius 2 is 1.24 bits per heavy atom. The molecule has 0 saturated heterocycles. The number of ether oxygens (including phenoxy) is 1. The third-order valence-corrected chi connectivity index (χ3v) is 13.0. The number of carbonyl (C=O) groups excluding carboxylic acids is 1. The van der Waals surface area contributed by atoms with Gasteiger partial charge in [0.1, 0.15) is 18.1 Å². The van der Waals surface area contributed by atoms with E-state index in [1.807, 2.05) is 47.8 Å². The van der Waals surface area contributed by atoms with Crippen LogP contribution in [-0.2, 0) is 23.5 Å². The van der Waals surface area contributed by atoms with Gasteiger partial charge < -0.3 is 14.5 Å². The summed E-state index contributed by atoms with van der Waals surface area (Å²) in [5, 5.41) is 1.61. The highest BCUT2D eigenvalue weighted by molar-refractivity contribution is 7.99. The SMILES string of the molecule is CCCSCCN(CCSCCC)Cc1cccc(CON2C(=O)c3ccccc3C23c2ccc(N(CC)CC)cc2Oc2cc(N(CC)CC)ccc23)n1. The number of benzene rings is 3. The second-order valence-corrected chi connectivity index (χ2v) is 16.5. The number of amides is 1. The van der Waals surface area contributed by atoms with Crippen molar-refractivity contribution >= 4 is 40.8 Å². The number of hydrogen-bond donors (Lipinski definition) is 0. The second-order valence-electron chi connectivity index (χ2n) is 14.1. The minimum Gasteiger partial charge on any atom is -0.456 e. The van der Waals surface area contributed by atoms with E-state index in [9.17, 15) is 4.79 Å². The van der Waals surface area contributed by atoms with Crippen LogP contribution in [0.5, 0.6) is 11.5 Å². The number of hydroxylamine groups is 2. The third kappa shape index (κ3) is 8.68. The molecule has 1 amide bonds. The second kappa shape index (κ2) is 19.4. The Morgan fingerprint density at radius 1 is 0.673 bits per heavy atom. The van der Waals surface area contributed by atoms with E-state index >= 15 is 0 Å². The quantitative estimate of drug-likeness (QED) is 0.0770. The first-order valence-corrected chi connectivity index (χ1v) is 22.6. The van der Waals surface area contributed by atoms with E-state index in [-0.39, 0.29) is 12.5 Å². The summed E-state index contributed by atoms with van der Waals surface area (Å²) in [6.07, 6.45) is 2.40. The zero-order valence-electron chi connectivity index (χ0n) is 33.7. The molecule has 0 N–H and O–H groups in total. The van der Waals surface area contributed by atoms with Crippen LogP contribution in [0.1, 0.15) is 92.8 Å². The van der Waals surface area contributed by atoms with Gasteiger partial charge in [0, 0.05) is 103 Å². The van der Waals surface area contributed by atoms with E-state index in [1.165, 1.54) is 24.3 Å². The average molecular weight is 782 g/mol. The molecule has 0 unspecified atom stereocenters. The molecule has 10 heteroatoms. The summed E-state index contributed by atoms with van der Waals surface area (Å²) in [7, 11) is 0. The van der Waals surface area contributed by atoms with Gasteiger partial charge in [-0.1, -0.05) is 50.2 Å². The molecule has 3 aromatic carbocycles. The average Bonchev–Trinajstić information content (AvgIpc) is 3.45. The highest BCUT2D eigenvalue weighted by Crippen LogP contribution is 2.58. The number of hydrogen-bond acceptors (Lipinski definition) is 9. The van der Waals surface area contributed by atoms with Crippen LogP contribution in [0.4, 0.5) is 11.4 Å². The van der Waals surface area contributed by atoms with Crippen molar-refractivity contribution in [1.29, 1.82) is 0 Å². The minimum absolute atomic E-state index is 0.147. The van der Waals surface area contributed by atoms with Crippen LogP contribution >= 0.6 is 23.5 Å². The molecule has 294 valence electrons. The number of aromatic nitrogens is 1. The predicted octanol–water partition coefficient (Wildman–Crippen LogP) is 9.85. The highest BCUT2D eigenvalue weighted by atomic mass is 32.2. The summed E-state index contributed by atoms with van der Waals surface area (Å²) < 4.78 is 6.85. The minimum atomic E-state index is -1.07. The maximum absolute atomic E-state index is 14.7. The number of rotatable bonds is 21. The molecule has 1 aromatic heterocycles. The van der Waals surface area contributed by atoms with E-state index in [2.05, 4.69) is 111 Å². The lowest BCUT2D eigenvalue weighted by atomic mass is 9.75. The largest absolute Gasteiger partial charge is 0.456 e. The van der Waals surface area contributed by atoms with E-state index in [4.69, 9.17) is 14.6 Å². The molecule has 0 atom stereocenters. The number of carbonyl (C=O) groups is 1. The van der Waals surface area contributed by atoms with Gasteiger partial charge in [0.15, 0.2) is 5.54 Å². The molecule has 2 aliphatic rings. The summed E-state index contributed by atoms with van der Waals surface area (Å²) in [4.78, 5) is 33.7. The fraction of sp³-hybridized carbons (Fsp3) is 0.467. The van der Waals surface area contributed by atoms with Crippen LogP contribution in [0, 0.1) is 0 Å². The Morgan fingerprint density at radius 3 is 1.80 bits per heavy atom. The summed E-state index contributed by atoms with van der Waals surface area (Å²) in [6.45, 7) is 19.6. The van der Waals surface area contributed by atoms with Crippen LogP contribution in [-0.4, -0.2) is 83.1 Å². The molecule has 0 aliphatic carbocycles. The summed E-state index contributed by atoms with van der Waals surface area (Å²) >= 11 is 4.05. The lowest BCUT2D eigenvalue weighted by Gasteiger charge is -2.43. The van der Waals surface area contributed by atoms with Crippen LogP contribution in [0.3, 0.4) is 0 Å². The van der Waals surface area contributed by atoms with Gasteiger partial charge in [-0.05, 0) is 82.4 Å². The van der Waals surface area contributed by atoms with Gasteiger partial charge in [-0.25, -0.2) is 0 Å². The molecule has 2 aliphatic heterocycles. The fourth-order valence-corrected chi connectivity index (χ4v) is 9.61. The van der Waals surface area contributed by atoms with Crippen LogP contribution in [0.15, 0.2) is 78.9 Å². The Balaban J connectivity index is 1.37. The van der Waals surface area contributed by atoms with Gasteiger partial charge in [-0.2, -0.15) is 28.6 Å². The van der Waals surface area contributed by atoms with E-state index in [1.54, 1.807) is 5.06 Å². The van der Waals surface area contributed by atoms with Crippen LogP contribution < -0.4 is 14.5 Å². The molecule has 0 radical (unpaired) electrons. The molecular weight excluding hydrogens is 723 g/mol. The van der Waals surface area contributed by atoms with Gasteiger partial charge in [-0.3, -0.25) is 19.5 Å². The first-order chi connectivity index (χ1) is 26.9. The lowest BCUT2D eigenvalue weighted by Crippen LogP contribution is -2.47. The number of anilines is 2. The Labute approximate surface area is 337 Å². The first-order valence-electron chi connectivity index (χ1n) is 20.3. The standard InChI is InChI=1S/C45H59N5O3S2/c1-7-26-54-28-24-47(25-29-55-27-8-2)32-34-16-15-17-35(46-34)33-52-50-44(51)38-18-13-14-19-39(38)45(50)40-22-20-36(48(9-3)10-4)30-42(40)53-43-31-37(21-23-41(43)45)49(11-5)12-6/h13-23,30-31H,7-12,24-29,32-33H2,1-6H3. The molecule has 55 heavy (non-hydrogen) atoms. The molecule has 8 nitrogen and oxygen atoms in total.